The molecule has 0 aromatic heterocycles. The Morgan fingerprint density at radius 3 is 2.76 bits per heavy atom. The van der Waals surface area contributed by atoms with E-state index in [-0.39, 0.29) is 17.8 Å². The molecule has 2 amide bonds. The fourth-order valence-corrected chi connectivity index (χ4v) is 1.90. The Labute approximate surface area is 126 Å². The molecule has 0 aliphatic carbocycles. The minimum Gasteiger partial charge on any atom is -0.334 e. The molecule has 0 fully saturated rings. The Hall–Kier alpha value is -2.58. The highest BCUT2D eigenvalue weighted by Gasteiger charge is 2.08. The van der Waals surface area contributed by atoms with Crippen LogP contribution in [0.2, 0.25) is 5.02 Å². The lowest BCUT2D eigenvalue weighted by Crippen LogP contribution is -2.28. The van der Waals surface area contributed by atoms with Crippen LogP contribution < -0.4 is 10.6 Å². The first-order chi connectivity index (χ1) is 10.1. The van der Waals surface area contributed by atoms with Crippen LogP contribution in [0.15, 0.2) is 42.5 Å². The van der Waals surface area contributed by atoms with Crippen LogP contribution in [0.5, 0.6) is 0 Å². The van der Waals surface area contributed by atoms with Gasteiger partial charge in [-0.2, -0.15) is 5.26 Å². The summed E-state index contributed by atoms with van der Waals surface area (Å²) < 4.78 is 13.0. The quantitative estimate of drug-likeness (QED) is 0.908. The summed E-state index contributed by atoms with van der Waals surface area (Å²) in [5.74, 6) is -0.534. The number of carbonyl (C=O) groups is 1. The second kappa shape index (κ2) is 6.73. The molecule has 0 radical (unpaired) electrons. The van der Waals surface area contributed by atoms with E-state index in [0.717, 1.165) is 11.6 Å². The van der Waals surface area contributed by atoms with Crippen LogP contribution in [0.1, 0.15) is 11.1 Å². The Kier molecular flexibility index (Phi) is 4.75. The SMILES string of the molecule is N#Cc1cc(F)ccc1NC(=O)NCc1ccccc1Cl. The molecule has 106 valence electrons. The molecule has 2 rings (SSSR count). The van der Waals surface area contributed by atoms with Crippen molar-refractivity contribution in [1.82, 2.24) is 5.32 Å². The van der Waals surface area contributed by atoms with Crippen molar-refractivity contribution >= 4 is 23.3 Å². The maximum Gasteiger partial charge on any atom is 0.319 e. The summed E-state index contributed by atoms with van der Waals surface area (Å²) in [5.41, 5.74) is 1.08. The topological polar surface area (TPSA) is 64.9 Å². The molecule has 0 aliphatic heterocycles. The number of nitrogens with zero attached hydrogens (tertiary/aromatic N) is 1. The normalized spacial score (nSPS) is 9.76. The van der Waals surface area contributed by atoms with Crippen LogP contribution in [-0.2, 0) is 6.54 Å². The van der Waals surface area contributed by atoms with E-state index in [1.165, 1.54) is 12.1 Å². The summed E-state index contributed by atoms with van der Waals surface area (Å²) in [5, 5.41) is 14.6. The highest BCUT2D eigenvalue weighted by atomic mass is 35.5. The van der Waals surface area contributed by atoms with E-state index >= 15 is 0 Å². The first-order valence-electron chi connectivity index (χ1n) is 6.08. The fourth-order valence-electron chi connectivity index (χ4n) is 1.70. The van der Waals surface area contributed by atoms with Gasteiger partial charge in [-0.1, -0.05) is 29.8 Å². The maximum absolute atomic E-state index is 13.0. The number of urea groups is 1. The third kappa shape index (κ3) is 3.94. The molecule has 21 heavy (non-hydrogen) atoms. The van der Waals surface area contributed by atoms with E-state index in [9.17, 15) is 9.18 Å². The summed E-state index contributed by atoms with van der Waals surface area (Å²) in [4.78, 5) is 11.8. The van der Waals surface area contributed by atoms with Gasteiger partial charge in [-0.05, 0) is 29.8 Å². The van der Waals surface area contributed by atoms with Crippen LogP contribution in [0.4, 0.5) is 14.9 Å². The van der Waals surface area contributed by atoms with Crippen LogP contribution in [-0.4, -0.2) is 6.03 Å². The molecule has 0 heterocycles. The average Bonchev–Trinajstić information content (AvgIpc) is 2.48. The zero-order chi connectivity index (χ0) is 15.2. The second-order valence-corrected chi connectivity index (χ2v) is 4.61. The number of nitrogens with one attached hydrogen (secondary N) is 2. The van der Waals surface area contributed by atoms with Gasteiger partial charge in [-0.3, -0.25) is 0 Å². The summed E-state index contributed by atoms with van der Waals surface area (Å²) >= 11 is 5.98. The maximum atomic E-state index is 13.0. The molecule has 0 bridgehead atoms. The van der Waals surface area contributed by atoms with Gasteiger partial charge in [-0.25, -0.2) is 9.18 Å². The molecule has 2 aromatic rings. The Morgan fingerprint density at radius 2 is 2.05 bits per heavy atom. The van der Waals surface area contributed by atoms with Crippen molar-refractivity contribution < 1.29 is 9.18 Å². The molecule has 4 nitrogen and oxygen atoms in total. The Balaban J connectivity index is 2.00. The largest absolute Gasteiger partial charge is 0.334 e. The molecular formula is C15H11ClFN3O. The van der Waals surface area contributed by atoms with E-state index in [4.69, 9.17) is 16.9 Å². The van der Waals surface area contributed by atoms with Crippen molar-refractivity contribution in [3.63, 3.8) is 0 Å². The molecular weight excluding hydrogens is 293 g/mol. The van der Waals surface area contributed by atoms with Gasteiger partial charge in [0, 0.05) is 11.6 Å². The lowest BCUT2D eigenvalue weighted by molar-refractivity contribution is 0.251. The Morgan fingerprint density at radius 1 is 1.29 bits per heavy atom. The second-order valence-electron chi connectivity index (χ2n) is 4.20. The molecule has 0 saturated heterocycles. The van der Waals surface area contributed by atoms with Gasteiger partial charge in [0.15, 0.2) is 0 Å². The standard InChI is InChI=1S/C15H11ClFN3O/c16-13-4-2-1-3-10(13)9-19-15(21)20-14-6-5-12(17)7-11(14)8-18/h1-7H,9H2,(H2,19,20,21). The van der Waals surface area contributed by atoms with Crippen LogP contribution in [0.3, 0.4) is 0 Å². The lowest BCUT2D eigenvalue weighted by Gasteiger charge is -2.09. The summed E-state index contributed by atoms with van der Waals surface area (Å²) in [6.07, 6.45) is 0. The van der Waals surface area contributed by atoms with Gasteiger partial charge in [-0.15, -0.1) is 0 Å². The van der Waals surface area contributed by atoms with E-state index < -0.39 is 11.8 Å². The number of benzene rings is 2. The zero-order valence-corrected chi connectivity index (χ0v) is 11.6. The molecule has 0 spiro atoms. The van der Waals surface area contributed by atoms with Gasteiger partial charge in [0.2, 0.25) is 0 Å². The molecule has 0 saturated carbocycles. The number of hydrogen-bond donors (Lipinski definition) is 2. The van der Waals surface area contributed by atoms with Crippen LogP contribution in [0, 0.1) is 17.1 Å². The number of amides is 2. The van der Waals surface area contributed by atoms with E-state index in [1.54, 1.807) is 18.2 Å². The first kappa shape index (κ1) is 14.8. The third-order valence-corrected chi connectivity index (χ3v) is 3.12. The molecule has 0 unspecified atom stereocenters. The van der Waals surface area contributed by atoms with Crippen molar-refractivity contribution in [3.8, 4) is 6.07 Å². The molecule has 6 heteroatoms. The summed E-state index contributed by atoms with van der Waals surface area (Å²) in [6, 6.07) is 12.0. The van der Waals surface area contributed by atoms with Crippen LogP contribution in [0.25, 0.3) is 0 Å². The van der Waals surface area contributed by atoms with Crippen LogP contribution >= 0.6 is 11.6 Å². The highest BCUT2D eigenvalue weighted by Crippen LogP contribution is 2.16. The summed E-state index contributed by atoms with van der Waals surface area (Å²) in [7, 11) is 0. The number of rotatable bonds is 3. The van der Waals surface area contributed by atoms with E-state index in [0.29, 0.717) is 5.02 Å². The molecule has 0 aliphatic rings. The number of halogens is 2. The molecule has 2 aromatic carbocycles. The summed E-state index contributed by atoms with van der Waals surface area (Å²) in [6.45, 7) is 0.245. The number of carbonyl (C=O) groups excluding carboxylic acids is 1. The predicted molar refractivity (Wildman–Crippen MR) is 78.4 cm³/mol. The molecule has 0 atom stereocenters. The van der Waals surface area contributed by atoms with Gasteiger partial charge >= 0.3 is 6.03 Å². The third-order valence-electron chi connectivity index (χ3n) is 2.75. The number of nitriles is 1. The van der Waals surface area contributed by atoms with Gasteiger partial charge in [0.25, 0.3) is 0 Å². The van der Waals surface area contributed by atoms with E-state index in [1.807, 2.05) is 12.1 Å². The predicted octanol–water partition coefficient (Wildman–Crippen LogP) is 3.67. The van der Waals surface area contributed by atoms with Crippen molar-refractivity contribution in [2.45, 2.75) is 6.54 Å². The molecule has 2 N–H and O–H groups in total. The van der Waals surface area contributed by atoms with Gasteiger partial charge < -0.3 is 10.6 Å². The number of hydrogen-bond acceptors (Lipinski definition) is 2. The smallest absolute Gasteiger partial charge is 0.319 e. The van der Waals surface area contributed by atoms with Crippen molar-refractivity contribution in [1.29, 1.82) is 5.26 Å². The van der Waals surface area contributed by atoms with Gasteiger partial charge in [0.05, 0.1) is 11.3 Å². The van der Waals surface area contributed by atoms with Gasteiger partial charge in [0.1, 0.15) is 11.9 Å². The lowest BCUT2D eigenvalue weighted by atomic mass is 10.2. The van der Waals surface area contributed by atoms with Crippen molar-refractivity contribution in [2.24, 2.45) is 0 Å². The monoisotopic (exact) mass is 303 g/mol. The van der Waals surface area contributed by atoms with Crippen molar-refractivity contribution in [3.05, 3.63) is 64.4 Å². The first-order valence-corrected chi connectivity index (χ1v) is 6.46. The minimum atomic E-state index is -0.534. The highest BCUT2D eigenvalue weighted by molar-refractivity contribution is 6.31. The Bertz CT molecular complexity index is 712. The van der Waals surface area contributed by atoms with Crippen molar-refractivity contribution in [2.75, 3.05) is 5.32 Å². The average molecular weight is 304 g/mol. The van der Waals surface area contributed by atoms with E-state index in [2.05, 4.69) is 10.6 Å². The number of anilines is 1. The zero-order valence-electron chi connectivity index (χ0n) is 10.9. The fraction of sp³-hybridized carbons (Fsp3) is 0.0667. The minimum absolute atomic E-state index is 0.0582.